The van der Waals surface area contributed by atoms with Crippen LogP contribution in [0.15, 0.2) is 23.2 Å². The van der Waals surface area contributed by atoms with E-state index in [1.54, 1.807) is 0 Å². The lowest BCUT2D eigenvalue weighted by Crippen LogP contribution is -2.44. The van der Waals surface area contributed by atoms with Gasteiger partial charge in [-0.3, -0.25) is 10.1 Å². The third kappa shape index (κ3) is 2.63. The molecule has 0 unspecified atom stereocenters. The quantitative estimate of drug-likeness (QED) is 0.359. The van der Waals surface area contributed by atoms with Crippen molar-refractivity contribution in [3.63, 3.8) is 0 Å². The van der Waals surface area contributed by atoms with Gasteiger partial charge in [-0.05, 0) is 43.4 Å². The second-order valence-corrected chi connectivity index (χ2v) is 5.80. The lowest BCUT2D eigenvalue weighted by atomic mass is 9.78. The van der Waals surface area contributed by atoms with Crippen molar-refractivity contribution in [3.05, 3.63) is 29.3 Å². The van der Waals surface area contributed by atoms with Gasteiger partial charge >= 0.3 is 0 Å². The summed E-state index contributed by atoms with van der Waals surface area (Å²) in [5, 5.41) is 14.6. The molecule has 1 aromatic rings. The highest BCUT2D eigenvalue weighted by Gasteiger charge is 2.35. The number of hydrogen-bond donors (Lipinski definition) is 2. The number of nitrogens with one attached hydrogen (secondary N) is 2. The number of hydrogen-bond acceptors (Lipinski definition) is 4. The molecular formula is C14H16N4OS. The van der Waals surface area contributed by atoms with Gasteiger partial charge in [0, 0.05) is 6.54 Å². The van der Waals surface area contributed by atoms with E-state index in [-0.39, 0.29) is 5.91 Å². The van der Waals surface area contributed by atoms with E-state index in [0.29, 0.717) is 11.7 Å². The first kappa shape index (κ1) is 14.4. The van der Waals surface area contributed by atoms with Gasteiger partial charge in [0.15, 0.2) is 11.4 Å². The molecule has 1 aliphatic rings. The molecule has 0 aromatic heterocycles. The van der Waals surface area contributed by atoms with Gasteiger partial charge in [-0.25, -0.2) is 4.99 Å². The summed E-state index contributed by atoms with van der Waals surface area (Å²) in [6.07, 6.45) is 3.71. The van der Waals surface area contributed by atoms with Crippen molar-refractivity contribution in [3.8, 4) is 6.19 Å². The van der Waals surface area contributed by atoms with Crippen LogP contribution in [-0.2, 0) is 16.8 Å². The SMILES string of the molecule is CSC(=Nc1ccc2c(c1)C(C)(C)C(=O)NC2)NC#N. The predicted molar refractivity (Wildman–Crippen MR) is 80.7 cm³/mol. The summed E-state index contributed by atoms with van der Waals surface area (Å²) in [6, 6.07) is 5.78. The van der Waals surface area contributed by atoms with Crippen molar-refractivity contribution in [1.82, 2.24) is 10.6 Å². The molecular weight excluding hydrogens is 272 g/mol. The zero-order chi connectivity index (χ0) is 14.8. The van der Waals surface area contributed by atoms with Gasteiger partial charge in [-0.15, -0.1) is 0 Å². The number of rotatable bonds is 1. The number of carbonyl (C=O) groups excluding carboxylic acids is 1. The minimum absolute atomic E-state index is 0.0198. The average Bonchev–Trinajstić information content (AvgIpc) is 2.43. The molecule has 5 nitrogen and oxygen atoms in total. The van der Waals surface area contributed by atoms with E-state index in [4.69, 9.17) is 5.26 Å². The van der Waals surface area contributed by atoms with Crippen LogP contribution in [0.25, 0.3) is 0 Å². The Morgan fingerprint density at radius 2 is 2.30 bits per heavy atom. The van der Waals surface area contributed by atoms with Crippen molar-refractivity contribution < 1.29 is 4.79 Å². The minimum atomic E-state index is -0.568. The number of aliphatic imine (C=N–C) groups is 1. The van der Waals surface area contributed by atoms with Gasteiger partial charge in [0.2, 0.25) is 5.91 Å². The number of nitrogens with zero attached hydrogens (tertiary/aromatic N) is 2. The molecule has 104 valence electrons. The van der Waals surface area contributed by atoms with Crippen molar-refractivity contribution in [1.29, 1.82) is 5.26 Å². The Bertz CT molecular complexity index is 616. The summed E-state index contributed by atoms with van der Waals surface area (Å²) < 4.78 is 0. The standard InChI is InChI=1S/C14H16N4OS/c1-14(2)11-6-10(18-13(20-3)17-8-15)5-4-9(11)7-16-12(14)19/h4-6H,7H2,1-3H3,(H,16,19)(H,17,18). The predicted octanol–water partition coefficient (Wildman–Crippen LogP) is 2.02. The summed E-state index contributed by atoms with van der Waals surface area (Å²) in [7, 11) is 0. The average molecular weight is 288 g/mol. The molecule has 20 heavy (non-hydrogen) atoms. The van der Waals surface area contributed by atoms with Gasteiger partial charge in [-0.1, -0.05) is 17.8 Å². The fourth-order valence-corrected chi connectivity index (χ4v) is 2.52. The van der Waals surface area contributed by atoms with Crippen LogP contribution in [0.4, 0.5) is 5.69 Å². The smallest absolute Gasteiger partial charge is 0.230 e. The van der Waals surface area contributed by atoms with Crippen molar-refractivity contribution in [2.24, 2.45) is 4.99 Å². The topological polar surface area (TPSA) is 77.3 Å². The summed E-state index contributed by atoms with van der Waals surface area (Å²) in [4.78, 5) is 16.3. The maximum atomic E-state index is 12.0. The van der Waals surface area contributed by atoms with E-state index in [2.05, 4.69) is 15.6 Å². The highest BCUT2D eigenvalue weighted by atomic mass is 32.2. The van der Waals surface area contributed by atoms with Crippen LogP contribution >= 0.6 is 11.8 Å². The van der Waals surface area contributed by atoms with Crippen molar-refractivity contribution in [2.45, 2.75) is 25.8 Å². The minimum Gasteiger partial charge on any atom is -0.351 e. The first-order chi connectivity index (χ1) is 9.48. The number of amidine groups is 1. The summed E-state index contributed by atoms with van der Waals surface area (Å²) in [5.74, 6) is 0.0198. The highest BCUT2D eigenvalue weighted by Crippen LogP contribution is 2.33. The summed E-state index contributed by atoms with van der Waals surface area (Å²) in [5.41, 5.74) is 2.26. The Morgan fingerprint density at radius 1 is 1.55 bits per heavy atom. The highest BCUT2D eigenvalue weighted by molar-refractivity contribution is 8.13. The van der Waals surface area contributed by atoms with Gasteiger partial charge in [0.1, 0.15) is 0 Å². The van der Waals surface area contributed by atoms with Crippen LogP contribution in [0, 0.1) is 11.5 Å². The fourth-order valence-electron chi connectivity index (χ4n) is 2.18. The monoisotopic (exact) mass is 288 g/mol. The third-order valence-corrected chi connectivity index (χ3v) is 3.94. The Labute approximate surface area is 122 Å². The number of carbonyl (C=O) groups is 1. The number of fused-ring (bicyclic) bond motifs is 1. The van der Waals surface area contributed by atoms with Gasteiger partial charge in [0.25, 0.3) is 0 Å². The van der Waals surface area contributed by atoms with Crippen LogP contribution in [0.5, 0.6) is 0 Å². The van der Waals surface area contributed by atoms with Crippen LogP contribution < -0.4 is 10.6 Å². The molecule has 0 aliphatic carbocycles. The second-order valence-electron chi connectivity index (χ2n) is 5.01. The lowest BCUT2D eigenvalue weighted by molar-refractivity contribution is -0.126. The molecule has 2 rings (SSSR count). The molecule has 6 heteroatoms. The number of amides is 1. The Kier molecular flexibility index (Phi) is 4.00. The van der Waals surface area contributed by atoms with Crippen molar-refractivity contribution >= 4 is 28.5 Å². The summed E-state index contributed by atoms with van der Waals surface area (Å²) >= 11 is 1.36. The van der Waals surface area contributed by atoms with E-state index in [9.17, 15) is 4.79 Å². The molecule has 1 aliphatic heterocycles. The Balaban J connectivity index is 2.44. The van der Waals surface area contributed by atoms with Gasteiger partial charge in [0.05, 0.1) is 11.1 Å². The van der Waals surface area contributed by atoms with Gasteiger partial charge in [-0.2, -0.15) is 5.26 Å². The number of benzene rings is 1. The van der Waals surface area contributed by atoms with E-state index >= 15 is 0 Å². The molecule has 0 fully saturated rings. The van der Waals surface area contributed by atoms with E-state index in [1.807, 2.05) is 44.5 Å². The van der Waals surface area contributed by atoms with E-state index in [0.717, 1.165) is 16.8 Å². The Hall–Kier alpha value is -2.00. The maximum Gasteiger partial charge on any atom is 0.230 e. The number of thioether (sulfide) groups is 1. The molecule has 1 aromatic carbocycles. The summed E-state index contributed by atoms with van der Waals surface area (Å²) in [6.45, 7) is 4.35. The molecule has 0 saturated heterocycles. The van der Waals surface area contributed by atoms with Crippen LogP contribution in [0.1, 0.15) is 25.0 Å². The molecule has 1 amide bonds. The first-order valence-electron chi connectivity index (χ1n) is 6.18. The van der Waals surface area contributed by atoms with Crippen LogP contribution in [-0.4, -0.2) is 17.3 Å². The molecule has 0 bridgehead atoms. The second kappa shape index (κ2) is 5.55. The third-order valence-electron chi connectivity index (χ3n) is 3.36. The zero-order valence-corrected chi connectivity index (χ0v) is 12.5. The maximum absolute atomic E-state index is 12.0. The molecule has 0 radical (unpaired) electrons. The number of nitriles is 1. The van der Waals surface area contributed by atoms with Crippen molar-refractivity contribution in [2.75, 3.05) is 6.26 Å². The van der Waals surface area contributed by atoms with Gasteiger partial charge < -0.3 is 5.32 Å². The van der Waals surface area contributed by atoms with E-state index in [1.165, 1.54) is 11.8 Å². The molecule has 0 saturated carbocycles. The Morgan fingerprint density at radius 3 is 2.95 bits per heavy atom. The molecule has 2 N–H and O–H groups in total. The fraction of sp³-hybridized carbons (Fsp3) is 0.357. The molecule has 0 atom stereocenters. The zero-order valence-electron chi connectivity index (χ0n) is 11.7. The van der Waals surface area contributed by atoms with Crippen LogP contribution in [0.3, 0.4) is 0 Å². The van der Waals surface area contributed by atoms with Crippen LogP contribution in [0.2, 0.25) is 0 Å². The first-order valence-corrected chi connectivity index (χ1v) is 7.41. The largest absolute Gasteiger partial charge is 0.351 e. The normalized spacial score (nSPS) is 16.9. The molecule has 0 spiro atoms. The lowest BCUT2D eigenvalue weighted by Gasteiger charge is -2.31. The molecule has 1 heterocycles. The van der Waals surface area contributed by atoms with E-state index < -0.39 is 5.41 Å².